The van der Waals surface area contributed by atoms with Gasteiger partial charge in [-0.05, 0) is 12.1 Å². The van der Waals surface area contributed by atoms with Gasteiger partial charge in [0.05, 0.1) is 5.69 Å². The van der Waals surface area contributed by atoms with Crippen LogP contribution in [0.4, 0.5) is 0 Å². The third kappa shape index (κ3) is 2.89. The Morgan fingerprint density at radius 1 is 0.800 bits per heavy atom. The van der Waals surface area contributed by atoms with Gasteiger partial charge in [0.2, 0.25) is 0 Å². The quantitative estimate of drug-likeness (QED) is 0.595. The van der Waals surface area contributed by atoms with Crippen LogP contribution in [0, 0.1) is 0 Å². The maximum atomic E-state index is 6.12. The first-order chi connectivity index (χ1) is 9.72. The Hall–Kier alpha value is -1.71. The monoisotopic (exact) mass is 344 g/mol. The van der Waals surface area contributed by atoms with Gasteiger partial charge in [-0.1, -0.05) is 70.0 Å². The molecule has 4 heteroatoms. The second-order valence-electron chi connectivity index (χ2n) is 4.27. The average molecular weight is 346 g/mol. The summed E-state index contributed by atoms with van der Waals surface area (Å²) in [5, 5.41) is 0.441. The first-order valence-electron chi connectivity index (χ1n) is 6.08. The molecule has 0 saturated heterocycles. The zero-order chi connectivity index (χ0) is 13.9. The SMILES string of the molecule is Clc1cc(-c2ccccc2)nc(-c2ccc(Br)cc2)n1. The van der Waals surface area contributed by atoms with E-state index >= 15 is 0 Å². The molecule has 0 spiro atoms. The van der Waals surface area contributed by atoms with Crippen molar-refractivity contribution in [1.29, 1.82) is 0 Å². The maximum absolute atomic E-state index is 6.12. The topological polar surface area (TPSA) is 25.8 Å². The average Bonchev–Trinajstić information content (AvgIpc) is 2.48. The van der Waals surface area contributed by atoms with Crippen molar-refractivity contribution >= 4 is 27.5 Å². The molecule has 0 radical (unpaired) electrons. The van der Waals surface area contributed by atoms with Crippen molar-refractivity contribution in [2.75, 3.05) is 0 Å². The molecule has 1 heterocycles. The molecule has 0 atom stereocenters. The minimum atomic E-state index is 0.441. The smallest absolute Gasteiger partial charge is 0.161 e. The lowest BCUT2D eigenvalue weighted by atomic mass is 10.1. The summed E-state index contributed by atoms with van der Waals surface area (Å²) in [6.07, 6.45) is 0. The summed E-state index contributed by atoms with van der Waals surface area (Å²) in [6, 6.07) is 19.6. The molecule has 0 amide bonds. The van der Waals surface area contributed by atoms with Gasteiger partial charge in [-0.2, -0.15) is 0 Å². The van der Waals surface area contributed by atoms with Gasteiger partial charge < -0.3 is 0 Å². The van der Waals surface area contributed by atoms with Crippen LogP contribution >= 0.6 is 27.5 Å². The third-order valence-corrected chi connectivity index (χ3v) is 3.59. The second-order valence-corrected chi connectivity index (χ2v) is 5.58. The van der Waals surface area contributed by atoms with Gasteiger partial charge in [-0.3, -0.25) is 0 Å². The molecule has 0 unspecified atom stereocenters. The normalized spacial score (nSPS) is 10.5. The molecule has 0 fully saturated rings. The van der Waals surface area contributed by atoms with Crippen molar-refractivity contribution in [3.63, 3.8) is 0 Å². The third-order valence-electron chi connectivity index (χ3n) is 2.87. The largest absolute Gasteiger partial charge is 0.228 e. The van der Waals surface area contributed by atoms with Crippen LogP contribution in [0.3, 0.4) is 0 Å². The molecule has 2 aromatic carbocycles. The molecule has 1 aromatic heterocycles. The molecule has 3 rings (SSSR count). The van der Waals surface area contributed by atoms with Gasteiger partial charge in [0.1, 0.15) is 5.15 Å². The maximum Gasteiger partial charge on any atom is 0.161 e. The number of hydrogen-bond donors (Lipinski definition) is 0. The Morgan fingerprint density at radius 2 is 1.50 bits per heavy atom. The summed E-state index contributed by atoms with van der Waals surface area (Å²) in [6.45, 7) is 0. The van der Waals surface area contributed by atoms with Crippen LogP contribution in [0.1, 0.15) is 0 Å². The second kappa shape index (κ2) is 5.73. The van der Waals surface area contributed by atoms with E-state index in [2.05, 4.69) is 25.9 Å². The molecule has 0 aliphatic carbocycles. The molecule has 0 bridgehead atoms. The zero-order valence-corrected chi connectivity index (χ0v) is 12.8. The van der Waals surface area contributed by atoms with Crippen LogP contribution in [-0.2, 0) is 0 Å². The number of halogens is 2. The van der Waals surface area contributed by atoms with E-state index in [1.165, 1.54) is 0 Å². The minimum Gasteiger partial charge on any atom is -0.228 e. The fraction of sp³-hybridized carbons (Fsp3) is 0. The molecule has 3 aromatic rings. The first kappa shape index (κ1) is 13.3. The lowest BCUT2D eigenvalue weighted by Crippen LogP contribution is -1.92. The molecule has 0 saturated carbocycles. The Morgan fingerprint density at radius 3 is 2.20 bits per heavy atom. The number of nitrogens with zero attached hydrogens (tertiary/aromatic N) is 2. The summed E-state index contributed by atoms with van der Waals surface area (Å²) in [5.74, 6) is 0.629. The summed E-state index contributed by atoms with van der Waals surface area (Å²) >= 11 is 9.54. The van der Waals surface area contributed by atoms with Crippen molar-refractivity contribution < 1.29 is 0 Å². The van der Waals surface area contributed by atoms with Gasteiger partial charge in [-0.15, -0.1) is 0 Å². The molecule has 0 aliphatic heterocycles. The van der Waals surface area contributed by atoms with Crippen molar-refractivity contribution in [1.82, 2.24) is 9.97 Å². The van der Waals surface area contributed by atoms with Crippen molar-refractivity contribution in [2.24, 2.45) is 0 Å². The molecule has 98 valence electrons. The number of hydrogen-bond acceptors (Lipinski definition) is 2. The van der Waals surface area contributed by atoms with E-state index in [0.717, 1.165) is 21.3 Å². The standard InChI is InChI=1S/C16H10BrClN2/c17-13-8-6-12(7-9-13)16-19-14(10-15(18)20-16)11-4-2-1-3-5-11/h1-10H. The highest BCUT2D eigenvalue weighted by atomic mass is 79.9. The minimum absolute atomic E-state index is 0.441. The van der Waals surface area contributed by atoms with E-state index in [4.69, 9.17) is 11.6 Å². The van der Waals surface area contributed by atoms with Crippen molar-refractivity contribution in [2.45, 2.75) is 0 Å². The van der Waals surface area contributed by atoms with E-state index in [1.807, 2.05) is 54.6 Å². The molecule has 2 nitrogen and oxygen atoms in total. The Labute approximate surface area is 130 Å². The lowest BCUT2D eigenvalue weighted by molar-refractivity contribution is 1.18. The van der Waals surface area contributed by atoms with E-state index in [-0.39, 0.29) is 0 Å². The van der Waals surface area contributed by atoms with Crippen LogP contribution in [0.2, 0.25) is 5.15 Å². The van der Waals surface area contributed by atoms with E-state index in [0.29, 0.717) is 11.0 Å². The fourth-order valence-corrected chi connectivity index (χ4v) is 2.35. The van der Waals surface area contributed by atoms with Crippen LogP contribution in [0.15, 0.2) is 65.1 Å². The van der Waals surface area contributed by atoms with Crippen molar-refractivity contribution in [3.8, 4) is 22.6 Å². The highest BCUT2D eigenvalue weighted by molar-refractivity contribution is 9.10. The predicted octanol–water partition coefficient (Wildman–Crippen LogP) is 5.23. The zero-order valence-electron chi connectivity index (χ0n) is 10.4. The van der Waals surface area contributed by atoms with Crippen LogP contribution in [0.25, 0.3) is 22.6 Å². The lowest BCUT2D eigenvalue weighted by Gasteiger charge is -2.05. The Balaban J connectivity index is 2.09. The summed E-state index contributed by atoms with van der Waals surface area (Å²) < 4.78 is 1.02. The van der Waals surface area contributed by atoms with E-state index < -0.39 is 0 Å². The molecular formula is C16H10BrClN2. The molecule has 0 N–H and O–H groups in total. The van der Waals surface area contributed by atoms with Gasteiger partial charge >= 0.3 is 0 Å². The first-order valence-corrected chi connectivity index (χ1v) is 7.25. The van der Waals surface area contributed by atoms with Gasteiger partial charge in [0.25, 0.3) is 0 Å². The Bertz CT molecular complexity index is 727. The van der Waals surface area contributed by atoms with E-state index in [1.54, 1.807) is 6.07 Å². The Kier molecular flexibility index (Phi) is 3.81. The van der Waals surface area contributed by atoms with Crippen molar-refractivity contribution in [3.05, 3.63) is 70.3 Å². The summed E-state index contributed by atoms with van der Waals surface area (Å²) in [4.78, 5) is 8.89. The van der Waals surface area contributed by atoms with Gasteiger partial charge in [-0.25, -0.2) is 9.97 Å². The highest BCUT2D eigenvalue weighted by Gasteiger charge is 2.07. The molecule has 20 heavy (non-hydrogen) atoms. The number of rotatable bonds is 2. The van der Waals surface area contributed by atoms with Gasteiger partial charge in [0.15, 0.2) is 5.82 Å². The van der Waals surface area contributed by atoms with Crippen LogP contribution in [0.5, 0.6) is 0 Å². The van der Waals surface area contributed by atoms with Crippen LogP contribution < -0.4 is 0 Å². The predicted molar refractivity (Wildman–Crippen MR) is 85.6 cm³/mol. The van der Waals surface area contributed by atoms with Crippen LogP contribution in [-0.4, -0.2) is 9.97 Å². The molecular weight excluding hydrogens is 336 g/mol. The molecule has 0 aliphatic rings. The van der Waals surface area contributed by atoms with E-state index in [9.17, 15) is 0 Å². The number of benzene rings is 2. The highest BCUT2D eigenvalue weighted by Crippen LogP contribution is 2.25. The van der Waals surface area contributed by atoms with Gasteiger partial charge in [0, 0.05) is 21.7 Å². The summed E-state index contributed by atoms with van der Waals surface area (Å²) in [5.41, 5.74) is 2.78. The fourth-order valence-electron chi connectivity index (χ4n) is 1.90. The number of aromatic nitrogens is 2. The summed E-state index contributed by atoms with van der Waals surface area (Å²) in [7, 11) is 0.